The highest BCUT2D eigenvalue weighted by Crippen LogP contribution is 2.29. The zero-order chi connectivity index (χ0) is 20.1. The highest BCUT2D eigenvalue weighted by Gasteiger charge is 2.22. The van der Waals surface area contributed by atoms with Crippen molar-refractivity contribution in [1.82, 2.24) is 4.98 Å². The number of amides is 1. The molecular weight excluding hydrogens is 374 g/mol. The molecule has 0 fully saturated rings. The number of pyridine rings is 1. The number of benzene rings is 2. The minimum atomic E-state index is -3.72. The lowest BCUT2D eigenvalue weighted by Gasteiger charge is -2.14. The number of rotatable bonds is 6. The Morgan fingerprint density at radius 3 is 2.39 bits per heavy atom. The summed E-state index contributed by atoms with van der Waals surface area (Å²) in [7, 11) is -3.72. The monoisotopic (exact) mass is 395 g/mol. The molecule has 28 heavy (non-hydrogen) atoms. The number of hydrogen-bond donors (Lipinski definition) is 2. The Balaban J connectivity index is 1.83. The Bertz CT molecular complexity index is 1080. The maximum Gasteiger partial charge on any atom is 0.243 e. The van der Waals surface area contributed by atoms with Gasteiger partial charge in [0.15, 0.2) is 0 Å². The van der Waals surface area contributed by atoms with Crippen LogP contribution in [0.25, 0.3) is 0 Å². The maximum absolute atomic E-state index is 13.1. The van der Waals surface area contributed by atoms with Crippen LogP contribution in [0.15, 0.2) is 76.8 Å². The number of hydrogen-bond acceptors (Lipinski definition) is 5. The molecule has 1 aromatic heterocycles. The van der Waals surface area contributed by atoms with Crippen molar-refractivity contribution in [3.63, 3.8) is 0 Å². The molecule has 0 radical (unpaired) electrons. The van der Waals surface area contributed by atoms with E-state index in [1.54, 1.807) is 60.8 Å². The molecule has 2 aromatic carbocycles. The van der Waals surface area contributed by atoms with Crippen molar-refractivity contribution in [3.8, 4) is 0 Å². The lowest BCUT2D eigenvalue weighted by molar-refractivity contribution is -0.114. The van der Waals surface area contributed by atoms with Gasteiger partial charge in [-0.15, -0.1) is 0 Å². The van der Waals surface area contributed by atoms with Gasteiger partial charge in [0.2, 0.25) is 15.7 Å². The quantitative estimate of drug-likeness (QED) is 0.666. The molecule has 1 heterocycles. The first-order chi connectivity index (χ1) is 13.4. The van der Waals surface area contributed by atoms with Gasteiger partial charge in [-0.3, -0.25) is 9.78 Å². The summed E-state index contributed by atoms with van der Waals surface area (Å²) >= 11 is 0. The van der Waals surface area contributed by atoms with Crippen LogP contribution in [-0.2, 0) is 14.6 Å². The summed E-state index contributed by atoms with van der Waals surface area (Å²) in [6.07, 6.45) is 3.15. The molecule has 3 aromatic rings. The number of aryl methyl sites for hydroxylation is 2. The van der Waals surface area contributed by atoms with E-state index >= 15 is 0 Å². The molecular formula is C21H21N3O3S. The molecule has 0 unspecified atom stereocenters. The third kappa shape index (κ3) is 4.55. The molecule has 3 rings (SSSR count). The van der Waals surface area contributed by atoms with Gasteiger partial charge in [0.1, 0.15) is 0 Å². The lowest BCUT2D eigenvalue weighted by atomic mass is 10.2. The van der Waals surface area contributed by atoms with E-state index in [9.17, 15) is 13.2 Å². The second-order valence-corrected chi connectivity index (χ2v) is 8.38. The van der Waals surface area contributed by atoms with Gasteiger partial charge >= 0.3 is 0 Å². The van der Waals surface area contributed by atoms with Crippen molar-refractivity contribution < 1.29 is 13.2 Å². The normalized spacial score (nSPS) is 11.1. The molecule has 144 valence electrons. The van der Waals surface area contributed by atoms with Crippen LogP contribution in [-0.4, -0.2) is 25.9 Å². The first-order valence-corrected chi connectivity index (χ1v) is 10.2. The van der Waals surface area contributed by atoms with Crippen LogP contribution in [0.5, 0.6) is 0 Å². The van der Waals surface area contributed by atoms with Crippen LogP contribution in [0, 0.1) is 13.8 Å². The number of anilines is 2. The standard InChI is InChI=1S/C21H21N3O3S/c1-15-5-8-18(9-6-15)28(26,27)20-12-16(2)7-10-19(20)23-14-21(25)24-17-4-3-11-22-13-17/h3-13,23H,14H2,1-2H3,(H,24,25). The second kappa shape index (κ2) is 8.22. The van der Waals surface area contributed by atoms with Crippen molar-refractivity contribution in [2.75, 3.05) is 17.2 Å². The Kier molecular flexibility index (Phi) is 5.75. The highest BCUT2D eigenvalue weighted by atomic mass is 32.2. The van der Waals surface area contributed by atoms with Crippen LogP contribution in [0.4, 0.5) is 11.4 Å². The van der Waals surface area contributed by atoms with Gasteiger partial charge in [0.25, 0.3) is 0 Å². The van der Waals surface area contributed by atoms with Crippen molar-refractivity contribution in [2.24, 2.45) is 0 Å². The molecule has 2 N–H and O–H groups in total. The summed E-state index contributed by atoms with van der Waals surface area (Å²) in [6.45, 7) is 3.65. The fourth-order valence-corrected chi connectivity index (χ4v) is 4.18. The van der Waals surface area contributed by atoms with Gasteiger partial charge in [0.05, 0.1) is 33.9 Å². The van der Waals surface area contributed by atoms with E-state index < -0.39 is 9.84 Å². The number of nitrogens with zero attached hydrogens (tertiary/aromatic N) is 1. The van der Waals surface area contributed by atoms with Crippen molar-refractivity contribution in [1.29, 1.82) is 0 Å². The van der Waals surface area contributed by atoms with Gasteiger partial charge in [-0.2, -0.15) is 0 Å². The zero-order valence-electron chi connectivity index (χ0n) is 15.6. The molecule has 7 heteroatoms. The first kappa shape index (κ1) is 19.6. The molecule has 0 aliphatic heterocycles. The predicted molar refractivity (Wildman–Crippen MR) is 109 cm³/mol. The molecule has 6 nitrogen and oxygen atoms in total. The van der Waals surface area contributed by atoms with Crippen LogP contribution in [0.2, 0.25) is 0 Å². The molecule has 0 bridgehead atoms. The second-order valence-electron chi connectivity index (χ2n) is 6.46. The van der Waals surface area contributed by atoms with Gasteiger partial charge < -0.3 is 10.6 Å². The van der Waals surface area contributed by atoms with Gasteiger partial charge in [0, 0.05) is 6.20 Å². The van der Waals surface area contributed by atoms with E-state index in [4.69, 9.17) is 0 Å². The number of aromatic nitrogens is 1. The molecule has 0 aliphatic rings. The molecule has 0 saturated heterocycles. The number of carbonyl (C=O) groups is 1. The average molecular weight is 395 g/mol. The van der Waals surface area contributed by atoms with E-state index in [1.807, 2.05) is 13.8 Å². The lowest BCUT2D eigenvalue weighted by Crippen LogP contribution is -2.22. The van der Waals surface area contributed by atoms with E-state index in [-0.39, 0.29) is 22.2 Å². The van der Waals surface area contributed by atoms with Gasteiger partial charge in [-0.1, -0.05) is 23.8 Å². The van der Waals surface area contributed by atoms with Crippen LogP contribution < -0.4 is 10.6 Å². The largest absolute Gasteiger partial charge is 0.375 e. The average Bonchev–Trinajstić information content (AvgIpc) is 2.68. The van der Waals surface area contributed by atoms with Gasteiger partial charge in [-0.25, -0.2) is 8.42 Å². The molecule has 0 saturated carbocycles. The third-order valence-corrected chi connectivity index (χ3v) is 5.95. The Morgan fingerprint density at radius 1 is 1.00 bits per heavy atom. The third-order valence-electron chi connectivity index (χ3n) is 4.14. The van der Waals surface area contributed by atoms with E-state index in [2.05, 4.69) is 15.6 Å². The fraction of sp³-hybridized carbons (Fsp3) is 0.143. The Labute approximate surface area is 164 Å². The van der Waals surface area contributed by atoms with Crippen LogP contribution in [0.1, 0.15) is 11.1 Å². The van der Waals surface area contributed by atoms with Crippen LogP contribution in [0.3, 0.4) is 0 Å². The topological polar surface area (TPSA) is 88.2 Å². The zero-order valence-corrected chi connectivity index (χ0v) is 16.5. The summed E-state index contributed by atoms with van der Waals surface area (Å²) in [5, 5.41) is 5.64. The van der Waals surface area contributed by atoms with E-state index in [0.717, 1.165) is 11.1 Å². The summed E-state index contributed by atoms with van der Waals surface area (Å²) in [4.78, 5) is 16.5. The predicted octanol–water partition coefficient (Wildman–Crippen LogP) is 3.58. The van der Waals surface area contributed by atoms with Crippen LogP contribution >= 0.6 is 0 Å². The number of sulfone groups is 1. The molecule has 0 atom stereocenters. The maximum atomic E-state index is 13.1. The molecule has 1 amide bonds. The Hall–Kier alpha value is -3.19. The number of carbonyl (C=O) groups excluding carboxylic acids is 1. The van der Waals surface area contributed by atoms with Crippen molar-refractivity contribution >= 4 is 27.1 Å². The Morgan fingerprint density at radius 2 is 1.71 bits per heavy atom. The summed E-state index contributed by atoms with van der Waals surface area (Å²) < 4.78 is 26.2. The van der Waals surface area contributed by atoms with E-state index in [0.29, 0.717) is 11.4 Å². The highest BCUT2D eigenvalue weighted by molar-refractivity contribution is 7.91. The number of nitrogens with one attached hydrogen (secondary N) is 2. The smallest absolute Gasteiger partial charge is 0.243 e. The summed E-state index contributed by atoms with van der Waals surface area (Å²) in [5.74, 6) is -0.299. The summed E-state index contributed by atoms with van der Waals surface area (Å²) in [5.41, 5.74) is 2.75. The van der Waals surface area contributed by atoms with Gasteiger partial charge in [-0.05, 0) is 55.8 Å². The summed E-state index contributed by atoms with van der Waals surface area (Å²) in [6, 6.07) is 15.2. The van der Waals surface area contributed by atoms with E-state index in [1.165, 1.54) is 6.20 Å². The molecule has 0 aliphatic carbocycles. The molecule has 0 spiro atoms. The SMILES string of the molecule is Cc1ccc(S(=O)(=O)c2cc(C)ccc2NCC(=O)Nc2cccnc2)cc1. The minimum Gasteiger partial charge on any atom is -0.375 e. The van der Waals surface area contributed by atoms with Crippen molar-refractivity contribution in [2.45, 2.75) is 23.6 Å². The first-order valence-electron chi connectivity index (χ1n) is 8.72. The minimum absolute atomic E-state index is 0.0750. The fourth-order valence-electron chi connectivity index (χ4n) is 2.66. The van der Waals surface area contributed by atoms with Crippen molar-refractivity contribution in [3.05, 3.63) is 78.1 Å².